The standard InChI is InChI=1S/C27H35N3O6S2/c1-5-6-16-30(25(32)23-28-20-14-10-11-15-22(20)37-23)24(31)21(29-26(33)36-27(2,3)4)18-38(34,35)17-19-12-8-7-9-13-19/h7-15,21,25,32H,5-6,16-18H2,1-4H3,(H,29,33). The van der Waals surface area contributed by atoms with Crippen LogP contribution in [0.15, 0.2) is 54.6 Å². The molecular weight excluding hydrogens is 526 g/mol. The van der Waals surface area contributed by atoms with E-state index in [0.717, 1.165) is 11.1 Å². The van der Waals surface area contributed by atoms with Crippen molar-refractivity contribution in [3.63, 3.8) is 0 Å². The first-order valence-corrected chi connectivity index (χ1v) is 15.1. The van der Waals surface area contributed by atoms with Gasteiger partial charge in [-0.2, -0.15) is 0 Å². The van der Waals surface area contributed by atoms with Gasteiger partial charge in [0.1, 0.15) is 16.7 Å². The first-order chi connectivity index (χ1) is 17.9. The van der Waals surface area contributed by atoms with Crippen molar-refractivity contribution in [2.45, 2.75) is 64.2 Å². The third-order valence-corrected chi connectivity index (χ3v) is 8.19. The van der Waals surface area contributed by atoms with Gasteiger partial charge in [0.05, 0.1) is 21.7 Å². The zero-order valence-electron chi connectivity index (χ0n) is 22.1. The van der Waals surface area contributed by atoms with Crippen molar-refractivity contribution in [3.8, 4) is 0 Å². The fourth-order valence-corrected chi connectivity index (χ4v) is 6.30. The van der Waals surface area contributed by atoms with E-state index in [1.807, 2.05) is 31.2 Å². The highest BCUT2D eigenvalue weighted by molar-refractivity contribution is 7.90. The number of ether oxygens (including phenoxy) is 1. The van der Waals surface area contributed by atoms with Gasteiger partial charge in [-0.3, -0.25) is 4.79 Å². The Kier molecular flexibility index (Phi) is 9.86. The third-order valence-electron chi connectivity index (χ3n) is 5.50. The van der Waals surface area contributed by atoms with E-state index >= 15 is 0 Å². The van der Waals surface area contributed by atoms with Gasteiger partial charge in [0, 0.05) is 6.54 Å². The predicted octanol–water partition coefficient (Wildman–Crippen LogP) is 4.42. The molecule has 0 saturated heterocycles. The van der Waals surface area contributed by atoms with Crippen LogP contribution in [0.2, 0.25) is 0 Å². The summed E-state index contributed by atoms with van der Waals surface area (Å²) in [4.78, 5) is 32.1. The number of aliphatic hydroxyl groups is 1. The van der Waals surface area contributed by atoms with E-state index in [4.69, 9.17) is 4.74 Å². The first kappa shape index (κ1) is 29.5. The maximum Gasteiger partial charge on any atom is 0.408 e. The maximum atomic E-state index is 13.8. The average molecular weight is 562 g/mol. The molecule has 1 heterocycles. The van der Waals surface area contributed by atoms with Crippen LogP contribution >= 0.6 is 11.3 Å². The Morgan fingerprint density at radius 3 is 2.39 bits per heavy atom. The lowest BCUT2D eigenvalue weighted by Gasteiger charge is -2.31. The molecular formula is C27H35N3O6S2. The summed E-state index contributed by atoms with van der Waals surface area (Å²) in [7, 11) is -3.85. The number of unbranched alkanes of at least 4 members (excludes halogenated alkanes) is 1. The number of hydrogen-bond donors (Lipinski definition) is 2. The zero-order valence-corrected chi connectivity index (χ0v) is 23.7. The summed E-state index contributed by atoms with van der Waals surface area (Å²) in [6.07, 6.45) is -1.04. The van der Waals surface area contributed by atoms with E-state index in [-0.39, 0.29) is 12.3 Å². The number of carbonyl (C=O) groups is 2. The molecule has 2 N–H and O–H groups in total. The molecule has 0 aliphatic rings. The van der Waals surface area contributed by atoms with Crippen molar-refractivity contribution in [1.82, 2.24) is 15.2 Å². The number of para-hydroxylation sites is 1. The fraction of sp³-hybridized carbons (Fsp3) is 0.444. The highest BCUT2D eigenvalue weighted by Gasteiger charge is 2.35. The lowest BCUT2D eigenvalue weighted by Crippen LogP contribution is -2.53. The lowest BCUT2D eigenvalue weighted by molar-refractivity contribution is -0.143. The van der Waals surface area contributed by atoms with Crippen molar-refractivity contribution in [2.75, 3.05) is 12.3 Å². The highest BCUT2D eigenvalue weighted by Crippen LogP contribution is 2.29. The Balaban J connectivity index is 1.92. The number of nitrogens with one attached hydrogen (secondary N) is 1. The molecule has 0 saturated carbocycles. The summed E-state index contributed by atoms with van der Waals surface area (Å²) >= 11 is 1.25. The second kappa shape index (κ2) is 12.7. The molecule has 38 heavy (non-hydrogen) atoms. The third kappa shape index (κ3) is 8.50. The molecule has 0 radical (unpaired) electrons. The van der Waals surface area contributed by atoms with Crippen LogP contribution in [-0.2, 0) is 25.1 Å². The number of carbonyl (C=O) groups excluding carboxylic acids is 2. The Morgan fingerprint density at radius 1 is 1.11 bits per heavy atom. The molecule has 2 atom stereocenters. The van der Waals surface area contributed by atoms with Crippen molar-refractivity contribution < 1.29 is 27.9 Å². The second-order valence-electron chi connectivity index (χ2n) is 10.0. The van der Waals surface area contributed by atoms with E-state index in [0.29, 0.717) is 22.5 Å². The molecule has 2 unspecified atom stereocenters. The number of thiazole rings is 1. The van der Waals surface area contributed by atoms with Gasteiger partial charge in [-0.15, -0.1) is 11.3 Å². The molecule has 0 aliphatic heterocycles. The quantitative estimate of drug-likeness (QED) is 0.332. The van der Waals surface area contributed by atoms with Crippen LogP contribution in [0.4, 0.5) is 4.79 Å². The predicted molar refractivity (Wildman–Crippen MR) is 148 cm³/mol. The molecule has 1 aromatic heterocycles. The van der Waals surface area contributed by atoms with Crippen LogP contribution in [0.25, 0.3) is 10.2 Å². The molecule has 206 valence electrons. The van der Waals surface area contributed by atoms with Crippen molar-refractivity contribution in [1.29, 1.82) is 0 Å². The number of aromatic nitrogens is 1. The number of hydrogen-bond acceptors (Lipinski definition) is 8. The molecule has 0 bridgehead atoms. The number of benzene rings is 2. The van der Waals surface area contributed by atoms with Crippen molar-refractivity contribution in [2.24, 2.45) is 0 Å². The SMILES string of the molecule is CCCCN(C(=O)C(CS(=O)(=O)Cc1ccccc1)NC(=O)OC(C)(C)C)C(O)c1nc2ccccc2s1. The van der Waals surface area contributed by atoms with E-state index in [9.17, 15) is 23.1 Å². The van der Waals surface area contributed by atoms with Crippen LogP contribution < -0.4 is 5.32 Å². The summed E-state index contributed by atoms with van der Waals surface area (Å²) in [6, 6.07) is 14.5. The van der Waals surface area contributed by atoms with Gasteiger partial charge in [0.25, 0.3) is 0 Å². The van der Waals surface area contributed by atoms with Crippen molar-refractivity contribution >= 4 is 43.4 Å². The van der Waals surface area contributed by atoms with E-state index in [2.05, 4.69) is 10.3 Å². The molecule has 0 spiro atoms. The minimum absolute atomic E-state index is 0.150. The van der Waals surface area contributed by atoms with Crippen LogP contribution in [0.1, 0.15) is 57.3 Å². The molecule has 2 aromatic carbocycles. The van der Waals surface area contributed by atoms with E-state index < -0.39 is 45.5 Å². The number of sulfone groups is 1. The number of aliphatic hydroxyl groups excluding tert-OH is 1. The first-order valence-electron chi connectivity index (χ1n) is 12.5. The average Bonchev–Trinajstić information content (AvgIpc) is 3.27. The Labute approximate surface area is 227 Å². The van der Waals surface area contributed by atoms with Crippen LogP contribution in [0.3, 0.4) is 0 Å². The van der Waals surface area contributed by atoms with Gasteiger partial charge in [0.2, 0.25) is 5.91 Å². The number of fused-ring (bicyclic) bond motifs is 1. The van der Waals surface area contributed by atoms with Gasteiger partial charge in [-0.1, -0.05) is 55.8 Å². The van der Waals surface area contributed by atoms with E-state index in [1.54, 1.807) is 51.1 Å². The van der Waals surface area contributed by atoms with Crippen LogP contribution in [0, 0.1) is 0 Å². The summed E-state index contributed by atoms with van der Waals surface area (Å²) in [5.41, 5.74) is 0.389. The molecule has 2 amide bonds. The molecule has 0 fully saturated rings. The van der Waals surface area contributed by atoms with Gasteiger partial charge in [-0.25, -0.2) is 18.2 Å². The minimum atomic E-state index is -3.85. The minimum Gasteiger partial charge on any atom is -0.444 e. The molecule has 3 rings (SSSR count). The highest BCUT2D eigenvalue weighted by atomic mass is 32.2. The Morgan fingerprint density at radius 2 is 1.76 bits per heavy atom. The van der Waals surface area contributed by atoms with Gasteiger partial charge < -0.3 is 20.1 Å². The van der Waals surface area contributed by atoms with Crippen LogP contribution in [-0.4, -0.2) is 59.3 Å². The summed E-state index contributed by atoms with van der Waals surface area (Å²) in [6.45, 7) is 7.09. The Bertz CT molecular complexity index is 1300. The molecule has 0 aliphatic carbocycles. The zero-order chi connectivity index (χ0) is 27.9. The fourth-order valence-electron chi connectivity index (χ4n) is 3.78. The number of alkyl carbamates (subject to hydrolysis) is 1. The summed E-state index contributed by atoms with van der Waals surface area (Å²) < 4.78 is 32.4. The van der Waals surface area contributed by atoms with Gasteiger partial charge >= 0.3 is 6.09 Å². The maximum absolute atomic E-state index is 13.8. The smallest absolute Gasteiger partial charge is 0.408 e. The molecule has 9 nitrogen and oxygen atoms in total. The van der Waals surface area contributed by atoms with Gasteiger partial charge in [0.15, 0.2) is 16.1 Å². The Hall–Kier alpha value is -3.02. The van der Waals surface area contributed by atoms with Crippen molar-refractivity contribution in [3.05, 3.63) is 65.2 Å². The topological polar surface area (TPSA) is 126 Å². The van der Waals surface area contributed by atoms with Gasteiger partial charge in [-0.05, 0) is 44.9 Å². The second-order valence-corrected chi connectivity index (χ2v) is 13.2. The normalized spacial score (nSPS) is 13.6. The van der Waals surface area contributed by atoms with E-state index in [1.165, 1.54) is 16.2 Å². The number of amides is 2. The molecule has 3 aromatic rings. The number of nitrogens with zero attached hydrogens (tertiary/aromatic N) is 2. The monoisotopic (exact) mass is 561 g/mol. The molecule has 11 heteroatoms. The summed E-state index contributed by atoms with van der Waals surface area (Å²) in [5.74, 6) is -1.69. The largest absolute Gasteiger partial charge is 0.444 e. The van der Waals surface area contributed by atoms with Crippen LogP contribution in [0.5, 0.6) is 0 Å². The number of rotatable bonds is 11. The summed E-state index contributed by atoms with van der Waals surface area (Å²) in [5, 5.41) is 14.0. The lowest BCUT2D eigenvalue weighted by atomic mass is 10.2.